The Morgan fingerprint density at radius 3 is 2.86 bits per heavy atom. The first kappa shape index (κ1) is 19.4. The second-order valence-electron chi connectivity index (χ2n) is 8.13. The molecule has 0 saturated carbocycles. The minimum atomic E-state index is -0.476. The molecule has 0 spiro atoms. The first-order chi connectivity index (χ1) is 13.3. The fraction of sp³-hybridized carbons (Fsp3) is 0.450. The fourth-order valence-corrected chi connectivity index (χ4v) is 4.43. The van der Waals surface area contributed by atoms with Crippen LogP contribution in [0.5, 0.6) is 0 Å². The topological polar surface area (TPSA) is 80.0 Å². The third-order valence-electron chi connectivity index (χ3n) is 5.21. The van der Waals surface area contributed by atoms with Gasteiger partial charge in [-0.3, -0.25) is 4.79 Å². The van der Waals surface area contributed by atoms with Crippen LogP contribution in [-0.2, 0) is 11.2 Å². The molecule has 0 bridgehead atoms. The van der Waals surface area contributed by atoms with E-state index in [1.54, 1.807) is 10.7 Å². The minimum absolute atomic E-state index is 0.0717. The number of fused-ring (bicyclic) bond motifs is 1. The van der Waals surface area contributed by atoms with Crippen molar-refractivity contribution in [3.63, 3.8) is 0 Å². The highest BCUT2D eigenvalue weighted by molar-refractivity contribution is 6.42. The first-order valence-corrected chi connectivity index (χ1v) is 10.1. The number of nitrogens with one attached hydrogen (secondary N) is 1. The van der Waals surface area contributed by atoms with E-state index < -0.39 is 6.04 Å². The number of hydrogen-bond acceptors (Lipinski definition) is 5. The molecule has 8 heteroatoms. The van der Waals surface area contributed by atoms with Gasteiger partial charge in [0, 0.05) is 36.3 Å². The molecule has 0 amide bonds. The number of carbonyl (C=O) groups excluding carboxylic acids is 1. The van der Waals surface area contributed by atoms with Crippen LogP contribution < -0.4 is 5.32 Å². The van der Waals surface area contributed by atoms with Crippen molar-refractivity contribution in [3.05, 3.63) is 50.9 Å². The SMILES string of the molecule is CC1(C)CC(=O)C2=C(C1)Nc1nc(CCCO)nn1C2c1cccc(Cl)c1Cl. The molecule has 0 saturated heterocycles. The van der Waals surface area contributed by atoms with Gasteiger partial charge in [0.2, 0.25) is 5.95 Å². The molecule has 0 radical (unpaired) electrons. The molecule has 0 fully saturated rings. The number of hydrogen-bond donors (Lipinski definition) is 2. The van der Waals surface area contributed by atoms with Crippen LogP contribution in [-0.4, -0.2) is 32.3 Å². The average Bonchev–Trinajstić information content (AvgIpc) is 3.02. The maximum atomic E-state index is 13.1. The Kier molecular flexibility index (Phi) is 4.98. The Morgan fingerprint density at radius 2 is 2.11 bits per heavy atom. The smallest absolute Gasteiger partial charge is 0.226 e. The van der Waals surface area contributed by atoms with Gasteiger partial charge in [0.15, 0.2) is 11.6 Å². The van der Waals surface area contributed by atoms with E-state index in [9.17, 15) is 4.79 Å². The molecule has 1 atom stereocenters. The van der Waals surface area contributed by atoms with Gasteiger partial charge >= 0.3 is 0 Å². The van der Waals surface area contributed by atoms with E-state index in [-0.39, 0.29) is 17.8 Å². The Labute approximate surface area is 173 Å². The second kappa shape index (κ2) is 7.17. The summed E-state index contributed by atoms with van der Waals surface area (Å²) >= 11 is 12.8. The van der Waals surface area contributed by atoms with Crippen LogP contribution in [0.1, 0.15) is 50.5 Å². The van der Waals surface area contributed by atoms with Gasteiger partial charge in [-0.1, -0.05) is 49.2 Å². The number of rotatable bonds is 4. The van der Waals surface area contributed by atoms with Gasteiger partial charge in [-0.05, 0) is 24.3 Å². The maximum Gasteiger partial charge on any atom is 0.226 e. The van der Waals surface area contributed by atoms with E-state index in [1.807, 2.05) is 12.1 Å². The van der Waals surface area contributed by atoms with Gasteiger partial charge in [0.1, 0.15) is 6.04 Å². The van der Waals surface area contributed by atoms with Gasteiger partial charge < -0.3 is 10.4 Å². The highest BCUT2D eigenvalue weighted by Crippen LogP contribution is 2.47. The maximum absolute atomic E-state index is 13.1. The molecule has 1 aromatic carbocycles. The Bertz CT molecular complexity index is 981. The molecule has 1 aromatic heterocycles. The summed E-state index contributed by atoms with van der Waals surface area (Å²) in [6.45, 7) is 4.25. The summed E-state index contributed by atoms with van der Waals surface area (Å²) in [5.74, 6) is 1.28. The number of aromatic nitrogens is 3. The lowest BCUT2D eigenvalue weighted by Gasteiger charge is -2.38. The van der Waals surface area contributed by atoms with Crippen molar-refractivity contribution in [2.24, 2.45) is 5.41 Å². The normalized spacial score (nSPS) is 20.6. The van der Waals surface area contributed by atoms with Crippen molar-refractivity contribution >= 4 is 34.9 Å². The van der Waals surface area contributed by atoms with Crippen molar-refractivity contribution in [1.29, 1.82) is 0 Å². The lowest BCUT2D eigenvalue weighted by Crippen LogP contribution is -2.36. The minimum Gasteiger partial charge on any atom is -0.396 e. The number of aryl methyl sites for hydroxylation is 1. The lowest BCUT2D eigenvalue weighted by atomic mass is 9.73. The number of ketones is 1. The number of aliphatic hydroxyl groups excluding tert-OH is 1. The molecule has 148 valence electrons. The Morgan fingerprint density at radius 1 is 1.32 bits per heavy atom. The second-order valence-corrected chi connectivity index (χ2v) is 8.91. The van der Waals surface area contributed by atoms with Crippen LogP contribution in [0.25, 0.3) is 0 Å². The number of nitrogens with zero attached hydrogens (tertiary/aromatic N) is 3. The summed E-state index contributed by atoms with van der Waals surface area (Å²) < 4.78 is 1.72. The molecule has 1 unspecified atom stereocenters. The van der Waals surface area contributed by atoms with Crippen LogP contribution >= 0.6 is 23.2 Å². The molecule has 2 heterocycles. The van der Waals surface area contributed by atoms with Crippen molar-refractivity contribution < 1.29 is 9.90 Å². The molecule has 2 N–H and O–H groups in total. The summed E-state index contributed by atoms with van der Waals surface area (Å²) in [4.78, 5) is 17.7. The van der Waals surface area contributed by atoms with E-state index in [4.69, 9.17) is 28.3 Å². The number of carbonyl (C=O) groups is 1. The number of Topliss-reactive ketones (excluding diaryl/α,β-unsaturated/α-hetero) is 1. The van der Waals surface area contributed by atoms with Crippen LogP contribution in [0.3, 0.4) is 0 Å². The Hall–Kier alpha value is -1.89. The van der Waals surface area contributed by atoms with Crippen molar-refractivity contribution in [2.45, 2.75) is 45.6 Å². The van der Waals surface area contributed by atoms with Crippen molar-refractivity contribution in [1.82, 2.24) is 14.8 Å². The summed E-state index contributed by atoms with van der Waals surface area (Å²) in [7, 11) is 0. The molecule has 4 rings (SSSR count). The number of benzene rings is 1. The van der Waals surface area contributed by atoms with E-state index in [0.717, 1.165) is 17.7 Å². The molecular formula is C20H22Cl2N4O2. The highest BCUT2D eigenvalue weighted by Gasteiger charge is 2.42. The molecule has 1 aliphatic heterocycles. The molecular weight excluding hydrogens is 399 g/mol. The monoisotopic (exact) mass is 420 g/mol. The van der Waals surface area contributed by atoms with Gasteiger partial charge in [-0.2, -0.15) is 10.1 Å². The molecule has 2 aromatic rings. The van der Waals surface area contributed by atoms with E-state index in [0.29, 0.717) is 46.7 Å². The standard InChI is InChI=1S/C20H22Cl2N4O2/c1-20(2)9-13-16(14(28)10-20)18(11-5-3-6-12(21)17(11)22)26-19(23-13)24-15(25-26)7-4-8-27/h3,5-6,18,27H,4,7-10H2,1-2H3,(H,23,24,25). The zero-order valence-electron chi connectivity index (χ0n) is 15.8. The average molecular weight is 421 g/mol. The highest BCUT2D eigenvalue weighted by atomic mass is 35.5. The Balaban J connectivity index is 1.89. The molecule has 6 nitrogen and oxygen atoms in total. The summed E-state index contributed by atoms with van der Waals surface area (Å²) in [6, 6.07) is 4.95. The van der Waals surface area contributed by atoms with Gasteiger partial charge in [-0.25, -0.2) is 4.68 Å². The number of anilines is 1. The summed E-state index contributed by atoms with van der Waals surface area (Å²) in [5.41, 5.74) is 2.15. The summed E-state index contributed by atoms with van der Waals surface area (Å²) in [5, 5.41) is 17.9. The number of allylic oxidation sites excluding steroid dienone is 2. The largest absolute Gasteiger partial charge is 0.396 e. The number of halogens is 2. The third-order valence-corrected chi connectivity index (χ3v) is 6.04. The van der Waals surface area contributed by atoms with Crippen LogP contribution in [0, 0.1) is 5.41 Å². The number of aliphatic hydroxyl groups is 1. The van der Waals surface area contributed by atoms with E-state index in [1.165, 1.54) is 0 Å². The molecule has 1 aliphatic carbocycles. The lowest BCUT2D eigenvalue weighted by molar-refractivity contribution is -0.118. The van der Waals surface area contributed by atoms with Crippen LogP contribution in [0.15, 0.2) is 29.5 Å². The van der Waals surface area contributed by atoms with Crippen LogP contribution in [0.4, 0.5) is 5.95 Å². The van der Waals surface area contributed by atoms with Crippen molar-refractivity contribution in [2.75, 3.05) is 11.9 Å². The molecule has 2 aliphatic rings. The predicted molar refractivity (Wildman–Crippen MR) is 109 cm³/mol. The molecule has 28 heavy (non-hydrogen) atoms. The van der Waals surface area contributed by atoms with Crippen molar-refractivity contribution in [3.8, 4) is 0 Å². The van der Waals surface area contributed by atoms with Gasteiger partial charge in [0.25, 0.3) is 0 Å². The van der Waals surface area contributed by atoms with E-state index >= 15 is 0 Å². The summed E-state index contributed by atoms with van der Waals surface area (Å²) in [6.07, 6.45) is 2.33. The van der Waals surface area contributed by atoms with Crippen LogP contribution in [0.2, 0.25) is 10.0 Å². The zero-order valence-corrected chi connectivity index (χ0v) is 17.3. The van der Waals surface area contributed by atoms with E-state index in [2.05, 4.69) is 29.2 Å². The zero-order chi connectivity index (χ0) is 20.1. The third kappa shape index (κ3) is 3.34. The van der Waals surface area contributed by atoms with Gasteiger partial charge in [-0.15, -0.1) is 0 Å². The fourth-order valence-electron chi connectivity index (χ4n) is 4.02. The van der Waals surface area contributed by atoms with Gasteiger partial charge in [0.05, 0.1) is 10.0 Å². The quantitative estimate of drug-likeness (QED) is 0.775. The first-order valence-electron chi connectivity index (χ1n) is 9.34. The predicted octanol–water partition coefficient (Wildman–Crippen LogP) is 4.17.